The Kier molecular flexibility index (Phi) is 1.34. The predicted octanol–water partition coefficient (Wildman–Crippen LogP) is -0.267. The molecular weight excluding hydrogens is 128 g/mol. The Morgan fingerprint density at radius 1 is 1.75 bits per heavy atom. The van der Waals surface area contributed by atoms with Crippen LogP contribution in [0.1, 0.15) is 6.42 Å². The van der Waals surface area contributed by atoms with E-state index in [1.165, 1.54) is 6.08 Å². The Hall–Kier alpha value is -0.770. The van der Waals surface area contributed by atoms with Crippen molar-refractivity contribution < 1.29 is 13.2 Å². The van der Waals surface area contributed by atoms with Crippen LogP contribution >= 0.6 is 0 Å². The highest BCUT2D eigenvalue weighted by molar-refractivity contribution is 7.72. The van der Waals surface area contributed by atoms with Gasteiger partial charge in [0.25, 0.3) is 10.3 Å². The third-order valence-corrected chi connectivity index (χ3v) is 1.33. The first-order valence-electron chi connectivity index (χ1n) is 2.00. The molecule has 3 nitrogen and oxygen atoms in total. The van der Waals surface area contributed by atoms with Gasteiger partial charge in [0.05, 0.1) is 0 Å². The monoisotopic (exact) mass is 131 g/mol. The highest BCUT2D eigenvalue weighted by Crippen LogP contribution is 1.97. The molecule has 0 atom stereocenters. The molecule has 0 N–H and O–H groups in total. The molecule has 1 heterocycles. The summed E-state index contributed by atoms with van der Waals surface area (Å²) in [4.78, 5) is 0. The lowest BCUT2D eigenvalue weighted by Crippen LogP contribution is -1.92. The third-order valence-electron chi connectivity index (χ3n) is 0.711. The van der Waals surface area contributed by atoms with Crippen molar-refractivity contribution in [3.63, 3.8) is 0 Å². The van der Waals surface area contributed by atoms with Crippen LogP contribution in [0.2, 0.25) is 0 Å². The smallest absolute Gasteiger partial charge is 0.253 e. The van der Waals surface area contributed by atoms with E-state index in [9.17, 15) is 8.42 Å². The molecule has 8 heavy (non-hydrogen) atoms. The van der Waals surface area contributed by atoms with E-state index in [4.69, 9.17) is 0 Å². The molecule has 0 unspecified atom stereocenters. The molecule has 0 saturated heterocycles. The Labute approximate surface area is 48.1 Å². The maximum atomic E-state index is 9.98. The van der Waals surface area contributed by atoms with Gasteiger partial charge in [-0.1, -0.05) is 0 Å². The largest absolute Gasteiger partial charge is 0.442 e. The van der Waals surface area contributed by atoms with E-state index in [1.807, 2.05) is 0 Å². The number of hydrogen-bond donors (Lipinski definition) is 0. The molecule has 0 bridgehead atoms. The van der Waals surface area contributed by atoms with Crippen molar-refractivity contribution in [3.8, 4) is 0 Å². The molecule has 0 amide bonds. The van der Waals surface area contributed by atoms with E-state index < -0.39 is 10.3 Å². The molecule has 0 aromatic carbocycles. The molecule has 43 valence electrons. The molecule has 0 saturated carbocycles. The van der Waals surface area contributed by atoms with Crippen LogP contribution in [-0.2, 0) is 15.0 Å². The van der Waals surface area contributed by atoms with Crippen molar-refractivity contribution in [2.24, 2.45) is 0 Å². The van der Waals surface area contributed by atoms with Crippen LogP contribution in [0.4, 0.5) is 0 Å². The minimum atomic E-state index is -2.19. The predicted molar refractivity (Wildman–Crippen MR) is 27.4 cm³/mol. The van der Waals surface area contributed by atoms with E-state index in [0.717, 1.165) is 0 Å². The number of rotatable bonds is 0. The zero-order chi connectivity index (χ0) is 5.98. The first-order valence-corrected chi connectivity index (χ1v) is 3.07. The summed E-state index contributed by atoms with van der Waals surface area (Å²) in [6.07, 6.45) is 4.16. The molecule has 0 aliphatic carbocycles. The molecular formula is C4H3O3S. The van der Waals surface area contributed by atoms with Crippen LogP contribution < -0.4 is 0 Å². The maximum Gasteiger partial charge on any atom is 0.253 e. The van der Waals surface area contributed by atoms with Gasteiger partial charge in [0.1, 0.15) is 0 Å². The molecule has 1 aliphatic heterocycles. The van der Waals surface area contributed by atoms with Crippen LogP contribution in [0.25, 0.3) is 0 Å². The number of ether oxygens (including phenoxy) is 1. The summed E-state index contributed by atoms with van der Waals surface area (Å²) in [6.45, 7) is 0. The van der Waals surface area contributed by atoms with E-state index in [1.54, 1.807) is 0 Å². The average molecular weight is 131 g/mol. The van der Waals surface area contributed by atoms with Crippen molar-refractivity contribution in [1.82, 2.24) is 0 Å². The van der Waals surface area contributed by atoms with Crippen LogP contribution in [0.5, 0.6) is 0 Å². The summed E-state index contributed by atoms with van der Waals surface area (Å²) >= 11 is 0. The first kappa shape index (κ1) is 5.37. The molecule has 0 aromatic rings. The van der Waals surface area contributed by atoms with Gasteiger partial charge in [0.2, 0.25) is 5.05 Å². The van der Waals surface area contributed by atoms with Gasteiger partial charge in [-0.05, 0) is 6.08 Å². The number of hydrogen-bond acceptors (Lipinski definition) is 3. The van der Waals surface area contributed by atoms with Crippen LogP contribution in [-0.4, -0.2) is 13.5 Å². The van der Waals surface area contributed by atoms with Crippen molar-refractivity contribution in [2.45, 2.75) is 6.42 Å². The van der Waals surface area contributed by atoms with Crippen molar-refractivity contribution in [3.05, 3.63) is 12.3 Å². The van der Waals surface area contributed by atoms with E-state index >= 15 is 0 Å². The van der Waals surface area contributed by atoms with Crippen molar-refractivity contribution in [2.75, 3.05) is 0 Å². The summed E-state index contributed by atoms with van der Waals surface area (Å²) in [5, 5.41) is 0.0463. The summed E-state index contributed by atoms with van der Waals surface area (Å²) in [5.74, 6) is 0. The zero-order valence-electron chi connectivity index (χ0n) is 3.92. The van der Waals surface area contributed by atoms with Crippen LogP contribution in [0.15, 0.2) is 6.08 Å². The Morgan fingerprint density at radius 2 is 2.50 bits per heavy atom. The minimum Gasteiger partial charge on any atom is -0.442 e. The Balaban J connectivity index is 2.96. The van der Waals surface area contributed by atoms with Gasteiger partial charge in [0.15, 0.2) is 6.26 Å². The fourth-order valence-electron chi connectivity index (χ4n) is 0.376. The molecule has 0 fully saturated rings. The van der Waals surface area contributed by atoms with Crippen LogP contribution in [0.3, 0.4) is 0 Å². The fourth-order valence-corrected chi connectivity index (χ4v) is 0.712. The quantitative estimate of drug-likeness (QED) is 0.425. The van der Waals surface area contributed by atoms with E-state index in [2.05, 4.69) is 11.0 Å². The molecule has 1 rings (SSSR count). The molecule has 0 aromatic heterocycles. The van der Waals surface area contributed by atoms with Crippen LogP contribution in [0, 0.1) is 6.26 Å². The maximum absolute atomic E-state index is 9.98. The first-order chi connectivity index (χ1) is 3.80. The van der Waals surface area contributed by atoms with E-state index in [-0.39, 0.29) is 5.05 Å². The van der Waals surface area contributed by atoms with E-state index in [0.29, 0.717) is 6.42 Å². The summed E-state index contributed by atoms with van der Waals surface area (Å²) in [7, 11) is -2.19. The lowest BCUT2D eigenvalue weighted by atomic mass is 10.5. The Morgan fingerprint density at radius 3 is 2.75 bits per heavy atom. The van der Waals surface area contributed by atoms with Gasteiger partial charge >= 0.3 is 0 Å². The highest BCUT2D eigenvalue weighted by Gasteiger charge is 2.03. The molecule has 1 radical (unpaired) electrons. The van der Waals surface area contributed by atoms with Gasteiger partial charge in [-0.3, -0.25) is 0 Å². The molecule has 0 spiro atoms. The second-order valence-corrected chi connectivity index (χ2v) is 2.16. The summed E-state index contributed by atoms with van der Waals surface area (Å²) in [5.41, 5.74) is 0. The molecule has 4 heteroatoms. The second kappa shape index (κ2) is 2.00. The topological polar surface area (TPSA) is 43.4 Å². The normalized spacial score (nSPS) is 16.2. The average Bonchev–Trinajstić information content (AvgIpc) is 2.12. The molecule has 1 aliphatic rings. The van der Waals surface area contributed by atoms with Gasteiger partial charge in [-0.2, -0.15) is 8.42 Å². The lowest BCUT2D eigenvalue weighted by Gasteiger charge is -1.82. The zero-order valence-corrected chi connectivity index (χ0v) is 4.73. The van der Waals surface area contributed by atoms with Crippen molar-refractivity contribution >= 4 is 15.3 Å². The fraction of sp³-hybridized carbons (Fsp3) is 0.250. The van der Waals surface area contributed by atoms with Crippen molar-refractivity contribution in [1.29, 1.82) is 0 Å². The van der Waals surface area contributed by atoms with Gasteiger partial charge in [0, 0.05) is 6.42 Å². The standard InChI is InChI=1S/C4H3O3S/c5-8(6)4-2-1-3-7-4/h1H,2H2. The highest BCUT2D eigenvalue weighted by atomic mass is 32.2. The van der Waals surface area contributed by atoms with Gasteiger partial charge in [-0.15, -0.1) is 0 Å². The minimum absolute atomic E-state index is 0.0463. The Bertz CT molecular complexity index is 216. The SMILES string of the molecule is O=S(=O)=C1CC=[C]O1. The van der Waals surface area contributed by atoms with Gasteiger partial charge in [-0.25, -0.2) is 0 Å². The summed E-state index contributed by atoms with van der Waals surface area (Å²) < 4.78 is 24.4. The lowest BCUT2D eigenvalue weighted by molar-refractivity contribution is 0.463. The second-order valence-electron chi connectivity index (χ2n) is 1.23. The summed E-state index contributed by atoms with van der Waals surface area (Å²) in [6, 6.07) is 0. The third kappa shape index (κ3) is 0.894. The van der Waals surface area contributed by atoms with Gasteiger partial charge < -0.3 is 4.74 Å².